The molecule has 0 aliphatic rings. The van der Waals surface area contributed by atoms with Crippen molar-refractivity contribution in [2.75, 3.05) is 4.72 Å². The molecule has 23 heavy (non-hydrogen) atoms. The Hall–Kier alpha value is -2.41. The van der Waals surface area contributed by atoms with Gasteiger partial charge in [0.25, 0.3) is 15.7 Å². The van der Waals surface area contributed by atoms with Crippen LogP contribution in [-0.4, -0.2) is 13.3 Å². The number of rotatable bonds is 5. The molecule has 0 aromatic heterocycles. The lowest BCUT2D eigenvalue weighted by molar-refractivity contribution is -0.385. The maximum atomic E-state index is 12.7. The van der Waals surface area contributed by atoms with Crippen molar-refractivity contribution >= 4 is 21.4 Å². The Balaban J connectivity index is 2.54. The van der Waals surface area contributed by atoms with E-state index in [4.69, 9.17) is 0 Å². The van der Waals surface area contributed by atoms with Crippen LogP contribution in [0.1, 0.15) is 23.6 Å². The molecule has 122 valence electrons. The molecule has 0 bridgehead atoms. The highest BCUT2D eigenvalue weighted by molar-refractivity contribution is 7.92. The number of nitro benzene ring substituents is 1. The third-order valence-corrected chi connectivity index (χ3v) is 5.24. The van der Waals surface area contributed by atoms with Crippen molar-refractivity contribution in [3.8, 4) is 0 Å². The van der Waals surface area contributed by atoms with Crippen LogP contribution in [0.5, 0.6) is 0 Å². The number of hydrogen-bond acceptors (Lipinski definition) is 4. The number of nitrogens with zero attached hydrogens (tertiary/aromatic N) is 1. The molecule has 0 heterocycles. The Bertz CT molecular complexity index is 860. The largest absolute Gasteiger partial charge is 0.279 e. The van der Waals surface area contributed by atoms with Crippen molar-refractivity contribution in [2.24, 2.45) is 0 Å². The van der Waals surface area contributed by atoms with Gasteiger partial charge in [0.2, 0.25) is 0 Å². The second-order valence-corrected chi connectivity index (χ2v) is 6.91. The van der Waals surface area contributed by atoms with Crippen LogP contribution in [0.25, 0.3) is 0 Å². The fraction of sp³-hybridized carbons (Fsp3) is 0.250. The van der Waals surface area contributed by atoms with E-state index < -0.39 is 14.9 Å². The summed E-state index contributed by atoms with van der Waals surface area (Å²) in [7, 11) is -3.91. The fourth-order valence-electron chi connectivity index (χ4n) is 2.32. The Kier molecular flexibility index (Phi) is 4.70. The van der Waals surface area contributed by atoms with Crippen molar-refractivity contribution in [3.63, 3.8) is 0 Å². The monoisotopic (exact) mass is 334 g/mol. The molecule has 0 aliphatic heterocycles. The second kappa shape index (κ2) is 6.37. The third kappa shape index (κ3) is 3.50. The van der Waals surface area contributed by atoms with Crippen molar-refractivity contribution in [2.45, 2.75) is 32.1 Å². The number of non-ortho nitro benzene ring substituents is 1. The molecule has 0 saturated heterocycles. The Morgan fingerprint density at radius 1 is 1.17 bits per heavy atom. The van der Waals surface area contributed by atoms with Crippen molar-refractivity contribution in [1.29, 1.82) is 0 Å². The van der Waals surface area contributed by atoms with Gasteiger partial charge >= 0.3 is 0 Å². The molecule has 2 rings (SSSR count). The minimum Gasteiger partial charge on any atom is -0.279 e. The van der Waals surface area contributed by atoms with E-state index in [-0.39, 0.29) is 10.6 Å². The Morgan fingerprint density at radius 3 is 2.43 bits per heavy atom. The van der Waals surface area contributed by atoms with Gasteiger partial charge in [-0.15, -0.1) is 0 Å². The highest BCUT2D eigenvalue weighted by atomic mass is 32.2. The van der Waals surface area contributed by atoms with Crippen LogP contribution in [0.15, 0.2) is 41.3 Å². The summed E-state index contributed by atoms with van der Waals surface area (Å²) in [6.45, 7) is 5.22. The molecule has 0 atom stereocenters. The summed E-state index contributed by atoms with van der Waals surface area (Å²) >= 11 is 0. The van der Waals surface area contributed by atoms with Crippen molar-refractivity contribution in [3.05, 3.63) is 63.2 Å². The summed E-state index contributed by atoms with van der Waals surface area (Å²) in [6, 6.07) is 9.55. The smallest absolute Gasteiger partial charge is 0.271 e. The molecule has 0 unspecified atom stereocenters. The minimum atomic E-state index is -3.91. The van der Waals surface area contributed by atoms with E-state index in [1.807, 2.05) is 19.1 Å². The summed E-state index contributed by atoms with van der Waals surface area (Å²) in [5.41, 5.74) is 2.16. The molecule has 7 heteroatoms. The van der Waals surface area contributed by atoms with Gasteiger partial charge in [0.1, 0.15) is 0 Å². The van der Waals surface area contributed by atoms with Crippen molar-refractivity contribution < 1.29 is 13.3 Å². The lowest BCUT2D eigenvalue weighted by atomic mass is 10.1. The topological polar surface area (TPSA) is 89.3 Å². The van der Waals surface area contributed by atoms with Gasteiger partial charge in [-0.05, 0) is 43.0 Å². The number of aryl methyl sites for hydroxylation is 2. The normalized spacial score (nSPS) is 11.3. The molecule has 0 radical (unpaired) electrons. The lowest BCUT2D eigenvalue weighted by Gasteiger charge is -2.14. The molecular formula is C16H18N2O4S. The molecule has 0 spiro atoms. The van der Waals surface area contributed by atoms with Gasteiger partial charge in [0.05, 0.1) is 15.5 Å². The zero-order valence-corrected chi connectivity index (χ0v) is 14.0. The maximum Gasteiger partial charge on any atom is 0.271 e. The van der Waals surface area contributed by atoms with Gasteiger partial charge in [-0.25, -0.2) is 8.42 Å². The molecule has 1 N–H and O–H groups in total. The maximum absolute atomic E-state index is 12.7. The van der Waals surface area contributed by atoms with Crippen LogP contribution >= 0.6 is 0 Å². The van der Waals surface area contributed by atoms with E-state index in [0.717, 1.165) is 11.6 Å². The number of hydrogen-bond donors (Lipinski definition) is 1. The quantitative estimate of drug-likeness (QED) is 0.668. The minimum absolute atomic E-state index is 0.0740. The van der Waals surface area contributed by atoms with Gasteiger partial charge < -0.3 is 0 Å². The van der Waals surface area contributed by atoms with Gasteiger partial charge in [-0.3, -0.25) is 14.8 Å². The van der Waals surface area contributed by atoms with Crippen LogP contribution in [0, 0.1) is 24.0 Å². The average molecular weight is 334 g/mol. The first-order valence-electron chi connectivity index (χ1n) is 7.12. The summed E-state index contributed by atoms with van der Waals surface area (Å²) < 4.78 is 27.9. The van der Waals surface area contributed by atoms with Gasteiger partial charge in [-0.1, -0.05) is 25.1 Å². The molecule has 0 aliphatic carbocycles. The molecule has 0 saturated carbocycles. The highest BCUT2D eigenvalue weighted by Gasteiger charge is 2.23. The lowest BCUT2D eigenvalue weighted by Crippen LogP contribution is -2.16. The first-order chi connectivity index (χ1) is 10.8. The van der Waals surface area contributed by atoms with Gasteiger partial charge in [0.15, 0.2) is 0 Å². The molecular weight excluding hydrogens is 316 g/mol. The SMILES string of the molecule is CCc1ccccc1NS(=O)(=O)c1cc([N+](=O)[O-])cc(C)c1C. The highest BCUT2D eigenvalue weighted by Crippen LogP contribution is 2.28. The number of para-hydroxylation sites is 1. The van der Waals surface area contributed by atoms with Crippen LogP contribution < -0.4 is 4.72 Å². The number of anilines is 1. The summed E-state index contributed by atoms with van der Waals surface area (Å²) in [5, 5.41) is 11.0. The van der Waals surface area contributed by atoms with Crippen LogP contribution in [0.3, 0.4) is 0 Å². The standard InChI is InChI=1S/C16H18N2O4S/c1-4-13-7-5-6-8-15(13)17-23(21,22)16-10-14(18(19)20)9-11(2)12(16)3/h5-10,17H,4H2,1-3H3. The third-order valence-electron chi connectivity index (χ3n) is 3.75. The van der Waals surface area contributed by atoms with Gasteiger partial charge in [0, 0.05) is 12.1 Å². The van der Waals surface area contributed by atoms with E-state index in [9.17, 15) is 18.5 Å². The summed E-state index contributed by atoms with van der Waals surface area (Å²) in [4.78, 5) is 10.3. The molecule has 6 nitrogen and oxygen atoms in total. The predicted molar refractivity (Wildman–Crippen MR) is 89.2 cm³/mol. The summed E-state index contributed by atoms with van der Waals surface area (Å²) in [5.74, 6) is 0. The van der Waals surface area contributed by atoms with Crippen LogP contribution in [0.2, 0.25) is 0 Å². The summed E-state index contributed by atoms with van der Waals surface area (Å²) in [6.07, 6.45) is 0.672. The van der Waals surface area contributed by atoms with E-state index in [0.29, 0.717) is 23.2 Å². The zero-order chi connectivity index (χ0) is 17.2. The fourth-order valence-corrected chi connectivity index (χ4v) is 3.76. The van der Waals surface area contributed by atoms with Crippen LogP contribution in [-0.2, 0) is 16.4 Å². The van der Waals surface area contributed by atoms with Crippen molar-refractivity contribution in [1.82, 2.24) is 0 Å². The van der Waals surface area contributed by atoms with Crippen LogP contribution in [0.4, 0.5) is 11.4 Å². The molecule has 2 aromatic carbocycles. The number of sulfonamides is 1. The first kappa shape index (κ1) is 17.0. The molecule has 0 amide bonds. The van der Waals surface area contributed by atoms with E-state index in [2.05, 4.69) is 4.72 Å². The first-order valence-corrected chi connectivity index (χ1v) is 8.61. The Morgan fingerprint density at radius 2 is 1.83 bits per heavy atom. The van der Waals surface area contributed by atoms with E-state index in [1.54, 1.807) is 26.0 Å². The zero-order valence-electron chi connectivity index (χ0n) is 13.2. The number of nitrogens with one attached hydrogen (secondary N) is 1. The van der Waals surface area contributed by atoms with E-state index in [1.165, 1.54) is 6.07 Å². The number of benzene rings is 2. The van der Waals surface area contributed by atoms with Gasteiger partial charge in [-0.2, -0.15) is 0 Å². The molecule has 2 aromatic rings. The second-order valence-electron chi connectivity index (χ2n) is 5.26. The molecule has 0 fully saturated rings. The predicted octanol–water partition coefficient (Wildman–Crippen LogP) is 3.57. The average Bonchev–Trinajstić information content (AvgIpc) is 2.49. The van der Waals surface area contributed by atoms with E-state index >= 15 is 0 Å². The Labute approximate surface area is 135 Å². The number of nitro groups is 1.